The number of anilines is 1. The Morgan fingerprint density at radius 2 is 1.84 bits per heavy atom. The largest absolute Gasteiger partial charge is 0.494 e. The predicted octanol–water partition coefficient (Wildman–Crippen LogP) is 6.26. The van der Waals surface area contributed by atoms with E-state index in [1.807, 2.05) is 36.4 Å². The first-order chi connectivity index (χ1) is 17.9. The Bertz CT molecular complexity index is 1220. The first kappa shape index (κ1) is 28.4. The zero-order valence-corrected chi connectivity index (χ0v) is 23.5. The maximum Gasteiger partial charge on any atom is 0.336 e. The van der Waals surface area contributed by atoms with Gasteiger partial charge in [-0.15, -0.1) is 0 Å². The molecule has 0 saturated heterocycles. The lowest BCUT2D eigenvalue weighted by atomic mass is 9.82. The Hall–Kier alpha value is -3.22. The second-order valence-electron chi connectivity index (χ2n) is 8.29. The summed E-state index contributed by atoms with van der Waals surface area (Å²) in [6, 6.07) is 17.0. The lowest BCUT2D eigenvalue weighted by Crippen LogP contribution is -2.29. The quantitative estimate of drug-likeness (QED) is 0.238. The summed E-state index contributed by atoms with van der Waals surface area (Å²) in [5, 5.41) is 16.7. The fourth-order valence-electron chi connectivity index (χ4n) is 3.80. The molecule has 0 spiro atoms. The summed E-state index contributed by atoms with van der Waals surface area (Å²) in [4.78, 5) is 25.5. The SMILES string of the molecule is CCCCOc1ccc([C@@H]2C(C#N)=C(SCC(=O)Nc3ccc(Br)cc3)NC(C)=C2C(=O)OCC)cc1. The molecule has 2 N–H and O–H groups in total. The van der Waals surface area contributed by atoms with Crippen LogP contribution in [0.25, 0.3) is 0 Å². The van der Waals surface area contributed by atoms with Crippen molar-refractivity contribution in [2.24, 2.45) is 0 Å². The Kier molecular flexibility index (Phi) is 10.7. The van der Waals surface area contributed by atoms with E-state index in [0.29, 0.717) is 34.2 Å². The molecule has 1 amide bonds. The minimum absolute atomic E-state index is 0.0858. The number of rotatable bonds is 11. The summed E-state index contributed by atoms with van der Waals surface area (Å²) in [6.07, 6.45) is 2.00. The first-order valence-corrected chi connectivity index (χ1v) is 13.9. The van der Waals surface area contributed by atoms with Crippen molar-refractivity contribution >= 4 is 45.3 Å². The minimum atomic E-state index is -0.632. The number of unbranched alkanes of at least 4 members (excludes halogenated alkanes) is 1. The second kappa shape index (κ2) is 13.9. The van der Waals surface area contributed by atoms with Gasteiger partial charge in [-0.05, 0) is 62.2 Å². The molecule has 0 aromatic heterocycles. The van der Waals surface area contributed by atoms with Crippen LogP contribution in [0.15, 0.2) is 74.9 Å². The standard InChI is InChI=1S/C28H30BrN3O4S/c1-4-6-15-36-22-13-7-19(8-14-22)26-23(16-30)27(31-18(3)25(26)28(34)35-5-2)37-17-24(33)32-21-11-9-20(29)10-12-21/h7-14,26,31H,4-6,15,17H2,1-3H3,(H,32,33)/t26-/m1/s1. The van der Waals surface area contributed by atoms with Gasteiger partial charge in [0.2, 0.25) is 5.91 Å². The van der Waals surface area contributed by atoms with Crippen LogP contribution in [0, 0.1) is 11.3 Å². The maximum atomic E-state index is 12.9. The number of nitrogens with zero attached hydrogens (tertiary/aromatic N) is 1. The van der Waals surface area contributed by atoms with Crippen LogP contribution in [-0.2, 0) is 14.3 Å². The second-order valence-corrected chi connectivity index (χ2v) is 10.2. The molecule has 3 rings (SSSR count). The number of thioether (sulfide) groups is 1. The number of nitrogens with one attached hydrogen (secondary N) is 2. The molecule has 1 heterocycles. The van der Waals surface area contributed by atoms with E-state index in [9.17, 15) is 14.9 Å². The number of carbonyl (C=O) groups is 2. The van der Waals surface area contributed by atoms with Gasteiger partial charge in [-0.2, -0.15) is 5.26 Å². The van der Waals surface area contributed by atoms with E-state index in [4.69, 9.17) is 9.47 Å². The molecule has 1 atom stereocenters. The molecule has 2 aromatic carbocycles. The van der Waals surface area contributed by atoms with Crippen molar-refractivity contribution in [2.75, 3.05) is 24.3 Å². The van der Waals surface area contributed by atoms with E-state index in [0.717, 1.165) is 28.6 Å². The van der Waals surface area contributed by atoms with E-state index in [-0.39, 0.29) is 18.3 Å². The van der Waals surface area contributed by atoms with Gasteiger partial charge in [0, 0.05) is 15.9 Å². The highest BCUT2D eigenvalue weighted by molar-refractivity contribution is 9.10. The topological polar surface area (TPSA) is 100 Å². The van der Waals surface area contributed by atoms with Crippen molar-refractivity contribution in [2.45, 2.75) is 39.5 Å². The van der Waals surface area contributed by atoms with Crippen molar-refractivity contribution in [1.82, 2.24) is 5.32 Å². The van der Waals surface area contributed by atoms with Gasteiger partial charge in [-0.1, -0.05) is 53.2 Å². The molecule has 1 aliphatic heterocycles. The summed E-state index contributed by atoms with van der Waals surface area (Å²) >= 11 is 4.60. The molecule has 9 heteroatoms. The zero-order valence-electron chi connectivity index (χ0n) is 21.1. The highest BCUT2D eigenvalue weighted by atomic mass is 79.9. The average molecular weight is 585 g/mol. The molecule has 0 saturated carbocycles. The van der Waals surface area contributed by atoms with Gasteiger partial charge in [0.1, 0.15) is 5.75 Å². The third kappa shape index (κ3) is 7.63. The highest BCUT2D eigenvalue weighted by Gasteiger charge is 2.35. The van der Waals surface area contributed by atoms with Crippen molar-refractivity contribution in [3.8, 4) is 11.8 Å². The lowest BCUT2D eigenvalue weighted by molar-refractivity contribution is -0.138. The van der Waals surface area contributed by atoms with Gasteiger partial charge >= 0.3 is 5.97 Å². The molecule has 0 radical (unpaired) electrons. The Balaban J connectivity index is 1.86. The van der Waals surface area contributed by atoms with Gasteiger partial charge < -0.3 is 20.1 Å². The van der Waals surface area contributed by atoms with Crippen LogP contribution in [-0.4, -0.2) is 30.8 Å². The van der Waals surface area contributed by atoms with E-state index >= 15 is 0 Å². The molecule has 194 valence electrons. The number of dihydropyridines is 1. The van der Waals surface area contributed by atoms with E-state index in [1.165, 1.54) is 11.8 Å². The van der Waals surface area contributed by atoms with Gasteiger partial charge in [0.15, 0.2) is 0 Å². The third-order valence-corrected chi connectivity index (χ3v) is 7.14. The van der Waals surface area contributed by atoms with Crippen LogP contribution >= 0.6 is 27.7 Å². The number of halogens is 1. The average Bonchev–Trinajstić information content (AvgIpc) is 2.89. The fraction of sp³-hybridized carbons (Fsp3) is 0.321. The van der Waals surface area contributed by atoms with E-state index in [2.05, 4.69) is 39.6 Å². The van der Waals surface area contributed by atoms with Crippen molar-refractivity contribution in [3.05, 3.63) is 80.4 Å². The van der Waals surface area contributed by atoms with Crippen LogP contribution in [0.3, 0.4) is 0 Å². The number of amides is 1. The van der Waals surface area contributed by atoms with E-state index in [1.54, 1.807) is 26.0 Å². The number of esters is 1. The number of benzene rings is 2. The Labute approximate surface area is 230 Å². The summed E-state index contributed by atoms with van der Waals surface area (Å²) < 4.78 is 12.0. The van der Waals surface area contributed by atoms with Gasteiger partial charge in [-0.3, -0.25) is 4.79 Å². The molecule has 0 unspecified atom stereocenters. The van der Waals surface area contributed by atoms with Gasteiger partial charge in [-0.25, -0.2) is 4.79 Å². The van der Waals surface area contributed by atoms with Crippen LogP contribution in [0.4, 0.5) is 5.69 Å². The minimum Gasteiger partial charge on any atom is -0.494 e. The fourth-order valence-corrected chi connectivity index (χ4v) is 4.95. The predicted molar refractivity (Wildman–Crippen MR) is 150 cm³/mol. The maximum absolute atomic E-state index is 12.9. The first-order valence-electron chi connectivity index (χ1n) is 12.1. The summed E-state index contributed by atoms with van der Waals surface area (Å²) in [6.45, 7) is 6.47. The number of allylic oxidation sites excluding steroid dienone is 2. The van der Waals surface area contributed by atoms with Gasteiger partial charge in [0.05, 0.1) is 47.1 Å². The van der Waals surface area contributed by atoms with Crippen LogP contribution in [0.1, 0.15) is 45.1 Å². The molecular formula is C28H30BrN3O4S. The molecule has 7 nitrogen and oxygen atoms in total. The number of nitriles is 1. The number of hydrogen-bond acceptors (Lipinski definition) is 7. The smallest absolute Gasteiger partial charge is 0.336 e. The van der Waals surface area contributed by atoms with E-state index < -0.39 is 11.9 Å². The lowest BCUT2D eigenvalue weighted by Gasteiger charge is -2.29. The van der Waals surface area contributed by atoms with Crippen LogP contribution in [0.2, 0.25) is 0 Å². The zero-order chi connectivity index (χ0) is 26.8. The molecular weight excluding hydrogens is 554 g/mol. The van der Waals surface area contributed by atoms with Crippen molar-refractivity contribution < 1.29 is 19.1 Å². The third-order valence-electron chi connectivity index (χ3n) is 5.60. The van der Waals surface area contributed by atoms with Crippen LogP contribution in [0.5, 0.6) is 5.75 Å². The molecule has 0 bridgehead atoms. The molecule has 37 heavy (non-hydrogen) atoms. The van der Waals surface area contributed by atoms with Crippen molar-refractivity contribution in [1.29, 1.82) is 5.26 Å². The molecule has 1 aliphatic rings. The number of hydrogen-bond donors (Lipinski definition) is 2. The highest BCUT2D eigenvalue weighted by Crippen LogP contribution is 2.41. The summed E-state index contributed by atoms with van der Waals surface area (Å²) in [5.74, 6) is -0.506. The molecule has 0 fully saturated rings. The summed E-state index contributed by atoms with van der Waals surface area (Å²) in [7, 11) is 0. The van der Waals surface area contributed by atoms with Crippen molar-refractivity contribution in [3.63, 3.8) is 0 Å². The monoisotopic (exact) mass is 583 g/mol. The normalized spacial score (nSPS) is 15.1. The van der Waals surface area contributed by atoms with Gasteiger partial charge in [0.25, 0.3) is 0 Å². The molecule has 2 aromatic rings. The molecule has 0 aliphatic carbocycles. The Morgan fingerprint density at radius 3 is 2.46 bits per heavy atom. The summed E-state index contributed by atoms with van der Waals surface area (Å²) in [5.41, 5.74) is 2.76. The number of carbonyl (C=O) groups excluding carboxylic acids is 2. The Morgan fingerprint density at radius 1 is 1.14 bits per heavy atom. The van der Waals surface area contributed by atoms with Crippen LogP contribution < -0.4 is 15.4 Å². The number of ether oxygens (including phenoxy) is 2.